The quantitative estimate of drug-likeness (QED) is 0.393. The number of hydrogen-bond acceptors (Lipinski definition) is 7. The first-order chi connectivity index (χ1) is 13.4. The van der Waals surface area contributed by atoms with Gasteiger partial charge in [0.05, 0.1) is 11.6 Å². The Morgan fingerprint density at radius 3 is 2.64 bits per heavy atom. The van der Waals surface area contributed by atoms with E-state index < -0.39 is 24.0 Å². The average molecular weight is 402 g/mol. The minimum Gasteiger partial charge on any atom is -0.479 e. The number of nitrogens with two attached hydrogens (primary N) is 1. The second-order valence-electron chi connectivity index (χ2n) is 6.98. The Morgan fingerprint density at radius 1 is 1.21 bits per heavy atom. The summed E-state index contributed by atoms with van der Waals surface area (Å²) in [4.78, 5) is 0.245. The molecule has 1 aliphatic rings. The maximum absolute atomic E-state index is 11.5. The molecule has 2 heterocycles. The Balaban J connectivity index is 2.00. The predicted octanol–water partition coefficient (Wildman–Crippen LogP) is 3.27. The van der Waals surface area contributed by atoms with Crippen molar-refractivity contribution in [2.75, 3.05) is 20.0 Å². The molecule has 1 aromatic heterocycles. The van der Waals surface area contributed by atoms with Gasteiger partial charge >= 0.3 is 0 Å². The summed E-state index contributed by atoms with van der Waals surface area (Å²) in [5, 5.41) is 11.5. The monoisotopic (exact) mass is 402 g/mol. The summed E-state index contributed by atoms with van der Waals surface area (Å²) in [6, 6.07) is 12.2. The van der Waals surface area contributed by atoms with Crippen molar-refractivity contribution >= 4 is 29.0 Å². The van der Waals surface area contributed by atoms with Gasteiger partial charge in [0, 0.05) is 25.5 Å². The smallest absolute Gasteiger partial charge is 0.270 e. The summed E-state index contributed by atoms with van der Waals surface area (Å²) < 4.78 is 24.6. The summed E-state index contributed by atoms with van der Waals surface area (Å²) in [5.41, 5.74) is 7.48. The van der Waals surface area contributed by atoms with Crippen molar-refractivity contribution in [1.82, 2.24) is 4.57 Å². The highest BCUT2D eigenvalue weighted by molar-refractivity contribution is 7.71. The number of rotatable bonds is 4. The number of hydrogen-bond donors (Lipinski definition) is 2. The zero-order chi connectivity index (χ0) is 20.1. The second kappa shape index (κ2) is 6.89. The van der Waals surface area contributed by atoms with Crippen LogP contribution in [-0.4, -0.2) is 41.9 Å². The van der Waals surface area contributed by atoms with Gasteiger partial charge in [-0.1, -0.05) is 12.1 Å². The van der Waals surface area contributed by atoms with E-state index in [4.69, 9.17) is 36.6 Å². The summed E-state index contributed by atoms with van der Waals surface area (Å²) in [7, 11) is 3.00. The molecule has 2 aromatic carbocycles. The molecule has 0 amide bonds. The third-order valence-electron chi connectivity index (χ3n) is 5.26. The van der Waals surface area contributed by atoms with Gasteiger partial charge in [-0.05, 0) is 49.5 Å². The fraction of sp³-hybridized carbons (Fsp3) is 0.350. The van der Waals surface area contributed by atoms with E-state index in [0.29, 0.717) is 22.6 Å². The molecule has 3 aromatic rings. The molecule has 4 rings (SSSR count). The average Bonchev–Trinajstić information content (AvgIpc) is 3.00. The number of nitrogens with zero attached hydrogens (tertiary/aromatic N) is 1. The molecule has 0 spiro atoms. The molecule has 0 radical (unpaired) electrons. The van der Waals surface area contributed by atoms with Crippen LogP contribution in [0.25, 0.3) is 11.1 Å². The maximum Gasteiger partial charge on any atom is 0.270 e. The van der Waals surface area contributed by atoms with Gasteiger partial charge in [-0.15, -0.1) is 0 Å². The third-order valence-corrected chi connectivity index (χ3v) is 5.54. The van der Waals surface area contributed by atoms with Gasteiger partial charge in [-0.25, -0.2) is 0 Å². The minimum absolute atomic E-state index is 0.245. The van der Waals surface area contributed by atoms with Crippen molar-refractivity contribution in [3.63, 3.8) is 0 Å². The molecular weight excluding hydrogens is 380 g/mol. The fourth-order valence-corrected chi connectivity index (χ4v) is 4.25. The van der Waals surface area contributed by atoms with Gasteiger partial charge in [-0.3, -0.25) is 4.57 Å². The molecular formula is C20H22N2O5S. The summed E-state index contributed by atoms with van der Waals surface area (Å²) in [5.74, 6) is 0.568. The highest BCUT2D eigenvalue weighted by Gasteiger charge is 2.53. The number of para-hydroxylation sites is 2. The van der Waals surface area contributed by atoms with Crippen LogP contribution in [0.15, 0.2) is 46.9 Å². The van der Waals surface area contributed by atoms with E-state index >= 15 is 0 Å². The number of ether oxygens (including phenoxy) is 3. The van der Waals surface area contributed by atoms with Crippen LogP contribution >= 0.6 is 12.2 Å². The molecule has 0 saturated heterocycles. The number of aliphatic hydroxyl groups is 1. The number of aliphatic hydroxyl groups excluding tert-OH is 1. The first kappa shape index (κ1) is 18.9. The first-order valence-corrected chi connectivity index (χ1v) is 9.23. The van der Waals surface area contributed by atoms with Crippen LogP contribution in [0.5, 0.6) is 5.75 Å². The van der Waals surface area contributed by atoms with E-state index in [9.17, 15) is 5.11 Å². The number of aromatic nitrogens is 1. The van der Waals surface area contributed by atoms with Crippen molar-refractivity contribution < 1.29 is 23.7 Å². The lowest BCUT2D eigenvalue weighted by Crippen LogP contribution is -2.60. The SMILES string of the molecule is COC(OC)[C@@]1(C)Oc2ccc(N)cc2[C@H](n2c(=S)oc3ccccc32)[C@@H]1O. The Kier molecular flexibility index (Phi) is 4.67. The first-order valence-electron chi connectivity index (χ1n) is 8.83. The minimum atomic E-state index is -1.20. The third kappa shape index (κ3) is 2.72. The lowest BCUT2D eigenvalue weighted by Gasteiger charge is -2.46. The fourth-order valence-electron chi connectivity index (χ4n) is 3.95. The van der Waals surface area contributed by atoms with E-state index in [0.717, 1.165) is 5.52 Å². The van der Waals surface area contributed by atoms with Gasteiger partial charge in [0.25, 0.3) is 4.84 Å². The van der Waals surface area contributed by atoms with E-state index in [1.54, 1.807) is 29.7 Å². The molecule has 148 valence electrons. The van der Waals surface area contributed by atoms with Crippen molar-refractivity contribution in [3.05, 3.63) is 52.9 Å². The van der Waals surface area contributed by atoms with E-state index in [-0.39, 0.29) is 4.84 Å². The zero-order valence-electron chi connectivity index (χ0n) is 15.8. The molecule has 7 nitrogen and oxygen atoms in total. The van der Waals surface area contributed by atoms with E-state index in [1.807, 2.05) is 24.3 Å². The number of nitrogen functional groups attached to an aromatic ring is 1. The van der Waals surface area contributed by atoms with Crippen molar-refractivity contribution in [3.8, 4) is 5.75 Å². The molecule has 3 N–H and O–H groups in total. The van der Waals surface area contributed by atoms with Crippen LogP contribution in [0.4, 0.5) is 5.69 Å². The van der Waals surface area contributed by atoms with E-state index in [2.05, 4.69) is 0 Å². The lowest BCUT2D eigenvalue weighted by molar-refractivity contribution is -0.238. The Morgan fingerprint density at radius 2 is 1.93 bits per heavy atom. The van der Waals surface area contributed by atoms with Crippen LogP contribution in [-0.2, 0) is 9.47 Å². The highest BCUT2D eigenvalue weighted by Crippen LogP contribution is 2.46. The Bertz CT molecular complexity index is 1070. The van der Waals surface area contributed by atoms with Gasteiger partial charge < -0.3 is 29.5 Å². The van der Waals surface area contributed by atoms with Gasteiger partial charge in [0.2, 0.25) is 0 Å². The van der Waals surface area contributed by atoms with Crippen LogP contribution in [0.1, 0.15) is 18.5 Å². The lowest BCUT2D eigenvalue weighted by atomic mass is 9.84. The molecule has 0 bridgehead atoms. The molecule has 0 fully saturated rings. The molecule has 0 aliphatic carbocycles. The van der Waals surface area contributed by atoms with Gasteiger partial charge in [-0.2, -0.15) is 0 Å². The standard InChI is InChI=1S/C20H22N2O5S/c1-20(18(24-2)25-3)17(23)16(12-10-11(21)8-9-14(12)27-20)22-13-6-4-5-7-15(13)26-19(22)28/h4-10,16-18,23H,21H2,1-3H3/t16-,17-,20-/m0/s1. The largest absolute Gasteiger partial charge is 0.479 e. The summed E-state index contributed by atoms with van der Waals surface area (Å²) in [6.07, 6.45) is -1.89. The van der Waals surface area contributed by atoms with Crippen LogP contribution in [0.2, 0.25) is 0 Å². The molecule has 0 unspecified atom stereocenters. The summed E-state index contributed by atoms with van der Waals surface area (Å²) in [6.45, 7) is 1.74. The number of fused-ring (bicyclic) bond motifs is 2. The molecule has 8 heteroatoms. The van der Waals surface area contributed by atoms with Crippen molar-refractivity contribution in [1.29, 1.82) is 0 Å². The van der Waals surface area contributed by atoms with Gasteiger partial charge in [0.15, 0.2) is 17.5 Å². The van der Waals surface area contributed by atoms with Crippen LogP contribution in [0.3, 0.4) is 0 Å². The second-order valence-corrected chi connectivity index (χ2v) is 7.33. The maximum atomic E-state index is 11.5. The topological polar surface area (TPSA) is 92.0 Å². The van der Waals surface area contributed by atoms with Gasteiger partial charge in [0.1, 0.15) is 11.9 Å². The molecule has 0 saturated carbocycles. The molecule has 28 heavy (non-hydrogen) atoms. The van der Waals surface area contributed by atoms with Crippen LogP contribution < -0.4 is 10.5 Å². The van der Waals surface area contributed by atoms with E-state index in [1.165, 1.54) is 14.2 Å². The van der Waals surface area contributed by atoms with Crippen LogP contribution in [0, 0.1) is 4.84 Å². The normalized spacial score (nSPS) is 24.3. The van der Waals surface area contributed by atoms with Crippen molar-refractivity contribution in [2.45, 2.75) is 31.0 Å². The summed E-state index contributed by atoms with van der Waals surface area (Å²) >= 11 is 5.50. The number of oxazole rings is 1. The number of benzene rings is 2. The number of methoxy groups -OCH3 is 2. The highest BCUT2D eigenvalue weighted by atomic mass is 32.1. The molecule has 3 atom stereocenters. The Labute approximate surface area is 167 Å². The number of anilines is 1. The van der Waals surface area contributed by atoms with Crippen molar-refractivity contribution in [2.24, 2.45) is 0 Å². The predicted molar refractivity (Wildman–Crippen MR) is 107 cm³/mol. The molecule has 1 aliphatic heterocycles. The Hall–Kier alpha value is -2.39. The zero-order valence-corrected chi connectivity index (χ0v) is 16.6.